The highest BCUT2D eigenvalue weighted by Gasteiger charge is 1.98. The summed E-state index contributed by atoms with van der Waals surface area (Å²) in [5.41, 5.74) is 0. The number of hydrogen-bond donors (Lipinski definition) is 2. The van der Waals surface area contributed by atoms with Gasteiger partial charge in [-0.25, -0.2) is 4.79 Å². The van der Waals surface area contributed by atoms with Gasteiger partial charge < -0.3 is 10.4 Å². The first-order valence-corrected chi connectivity index (χ1v) is 5.59. The normalized spacial score (nSPS) is 12.6. The summed E-state index contributed by atoms with van der Waals surface area (Å²) in [7, 11) is -0.911. The van der Waals surface area contributed by atoms with Crippen LogP contribution in [0.4, 0.5) is 0 Å². The molecule has 0 rings (SSSR count). The van der Waals surface area contributed by atoms with Gasteiger partial charge in [0.25, 0.3) is 0 Å². The fourth-order valence-electron chi connectivity index (χ4n) is 0.638. The van der Waals surface area contributed by atoms with Gasteiger partial charge >= 0.3 is 5.97 Å². The number of nitrogens with one attached hydrogen (secondary N) is 1. The molecule has 0 bridgehead atoms. The molecule has 5 nitrogen and oxygen atoms in total. The van der Waals surface area contributed by atoms with Gasteiger partial charge in [0.05, 0.1) is 0 Å². The number of rotatable bonds is 6. The number of carboxylic acid groups (broad SMARTS) is 1. The number of aliphatic carboxylic acids is 1. The van der Waals surface area contributed by atoms with E-state index in [0.29, 0.717) is 18.1 Å². The van der Waals surface area contributed by atoms with Crippen LogP contribution in [0.1, 0.15) is 6.92 Å². The number of carbonyl (C=O) groups excluding carboxylic acids is 1. The Kier molecular flexibility index (Phi) is 6.65. The van der Waals surface area contributed by atoms with E-state index in [2.05, 4.69) is 5.32 Å². The summed E-state index contributed by atoms with van der Waals surface area (Å²) in [6.45, 7) is 2.09. The minimum Gasteiger partial charge on any atom is -0.478 e. The summed E-state index contributed by atoms with van der Waals surface area (Å²) < 4.78 is 10.9. The zero-order chi connectivity index (χ0) is 11.0. The third-order valence-corrected chi connectivity index (χ3v) is 2.63. The van der Waals surface area contributed by atoms with Crippen molar-refractivity contribution in [1.82, 2.24) is 5.32 Å². The molecule has 0 aliphatic rings. The summed E-state index contributed by atoms with van der Waals surface area (Å²) in [6, 6.07) is 0. The van der Waals surface area contributed by atoms with E-state index < -0.39 is 22.7 Å². The van der Waals surface area contributed by atoms with Crippen LogP contribution in [0.3, 0.4) is 0 Å². The van der Waals surface area contributed by atoms with Gasteiger partial charge in [0.15, 0.2) is 0 Å². The highest BCUT2D eigenvalue weighted by atomic mass is 32.2. The number of hydrogen-bond acceptors (Lipinski definition) is 3. The molecular formula is C8H13NO4S. The van der Waals surface area contributed by atoms with E-state index in [1.165, 1.54) is 0 Å². The lowest BCUT2D eigenvalue weighted by Crippen LogP contribution is -2.26. The third-order valence-electron chi connectivity index (χ3n) is 1.33. The first kappa shape index (κ1) is 12.8. The van der Waals surface area contributed by atoms with Gasteiger partial charge in [0, 0.05) is 41.0 Å². The van der Waals surface area contributed by atoms with Crippen molar-refractivity contribution in [2.24, 2.45) is 0 Å². The second-order valence-electron chi connectivity index (χ2n) is 2.40. The van der Waals surface area contributed by atoms with Crippen LogP contribution < -0.4 is 5.32 Å². The van der Waals surface area contributed by atoms with E-state index in [4.69, 9.17) is 5.11 Å². The summed E-state index contributed by atoms with van der Waals surface area (Å²) in [5, 5.41) is 10.6. The van der Waals surface area contributed by atoms with Crippen molar-refractivity contribution in [3.05, 3.63) is 12.2 Å². The van der Waals surface area contributed by atoms with Gasteiger partial charge in [-0.15, -0.1) is 0 Å². The first-order chi connectivity index (χ1) is 6.56. The van der Waals surface area contributed by atoms with Gasteiger partial charge in [-0.05, 0) is 0 Å². The van der Waals surface area contributed by atoms with Crippen molar-refractivity contribution in [2.75, 3.05) is 18.1 Å². The van der Waals surface area contributed by atoms with Gasteiger partial charge in [-0.3, -0.25) is 9.00 Å². The lowest BCUT2D eigenvalue weighted by Gasteiger charge is -2.00. The fourth-order valence-corrected chi connectivity index (χ4v) is 1.26. The van der Waals surface area contributed by atoms with Crippen LogP contribution in [0.15, 0.2) is 12.2 Å². The molecule has 2 N–H and O–H groups in total. The Hall–Kier alpha value is -1.17. The molecule has 0 aromatic carbocycles. The maximum atomic E-state index is 10.9. The molecule has 80 valence electrons. The average molecular weight is 219 g/mol. The Bertz CT molecular complexity index is 262. The maximum Gasteiger partial charge on any atom is 0.328 e. The average Bonchev–Trinajstić information content (AvgIpc) is 2.14. The van der Waals surface area contributed by atoms with Crippen LogP contribution in [0, 0.1) is 0 Å². The van der Waals surface area contributed by atoms with E-state index in [1.807, 2.05) is 0 Å². The summed E-state index contributed by atoms with van der Waals surface area (Å²) in [6.07, 6.45) is 1.68. The molecule has 0 aromatic heterocycles. The molecule has 0 saturated carbocycles. The van der Waals surface area contributed by atoms with Gasteiger partial charge in [-0.2, -0.15) is 0 Å². The maximum absolute atomic E-state index is 10.9. The number of carboxylic acids is 1. The summed E-state index contributed by atoms with van der Waals surface area (Å²) in [4.78, 5) is 20.9. The molecule has 1 atom stereocenters. The zero-order valence-corrected chi connectivity index (χ0v) is 8.67. The number of carbonyl (C=O) groups is 2. The van der Waals surface area contributed by atoms with Gasteiger partial charge in [-0.1, -0.05) is 6.92 Å². The molecule has 0 radical (unpaired) electrons. The Labute approximate surface area is 84.6 Å². The highest BCUT2D eigenvalue weighted by molar-refractivity contribution is 7.84. The van der Waals surface area contributed by atoms with Crippen LogP contribution in [-0.2, 0) is 20.4 Å². The fraction of sp³-hybridized carbons (Fsp3) is 0.500. The molecule has 14 heavy (non-hydrogen) atoms. The molecule has 0 heterocycles. The van der Waals surface area contributed by atoms with Gasteiger partial charge in [0.1, 0.15) is 0 Å². The second kappa shape index (κ2) is 7.25. The van der Waals surface area contributed by atoms with E-state index in [1.54, 1.807) is 6.92 Å². The van der Waals surface area contributed by atoms with Crippen LogP contribution in [0.5, 0.6) is 0 Å². The minimum absolute atomic E-state index is 0.295. The second-order valence-corrected chi connectivity index (χ2v) is 4.26. The zero-order valence-electron chi connectivity index (χ0n) is 7.86. The van der Waals surface area contributed by atoms with Gasteiger partial charge in [0.2, 0.25) is 5.91 Å². The quantitative estimate of drug-likeness (QED) is 0.591. The largest absolute Gasteiger partial charge is 0.478 e. The Morgan fingerprint density at radius 2 is 2.07 bits per heavy atom. The molecule has 0 aliphatic heterocycles. The standard InChI is InChI=1S/C8H13NO4S/c1-2-14(13)6-5-9-7(10)3-4-8(11)12/h3-4H,2,5-6H2,1H3,(H,9,10)(H,11,12)/b4-3+. The first-order valence-electron chi connectivity index (χ1n) is 4.10. The molecule has 0 saturated heterocycles. The van der Waals surface area contributed by atoms with Crippen LogP contribution in [0.2, 0.25) is 0 Å². The molecule has 0 aliphatic carbocycles. The minimum atomic E-state index is -1.17. The molecular weight excluding hydrogens is 206 g/mol. The van der Waals surface area contributed by atoms with Crippen LogP contribution in [0.25, 0.3) is 0 Å². The topological polar surface area (TPSA) is 83.5 Å². The Balaban J connectivity index is 3.65. The monoisotopic (exact) mass is 219 g/mol. The Morgan fingerprint density at radius 3 is 2.57 bits per heavy atom. The van der Waals surface area contributed by atoms with Crippen molar-refractivity contribution in [3.63, 3.8) is 0 Å². The van der Waals surface area contributed by atoms with Crippen molar-refractivity contribution in [3.8, 4) is 0 Å². The smallest absolute Gasteiger partial charge is 0.328 e. The lowest BCUT2D eigenvalue weighted by atomic mass is 10.4. The van der Waals surface area contributed by atoms with Crippen molar-refractivity contribution in [1.29, 1.82) is 0 Å². The molecule has 0 fully saturated rings. The van der Waals surface area contributed by atoms with E-state index in [9.17, 15) is 13.8 Å². The predicted octanol–water partition coefficient (Wildman–Crippen LogP) is -0.488. The molecule has 0 spiro atoms. The highest BCUT2D eigenvalue weighted by Crippen LogP contribution is 1.80. The molecule has 1 amide bonds. The van der Waals surface area contributed by atoms with Crippen molar-refractivity contribution >= 4 is 22.7 Å². The Morgan fingerprint density at radius 1 is 1.43 bits per heavy atom. The van der Waals surface area contributed by atoms with Crippen LogP contribution in [-0.4, -0.2) is 39.2 Å². The lowest BCUT2D eigenvalue weighted by molar-refractivity contribution is -0.131. The van der Waals surface area contributed by atoms with Crippen molar-refractivity contribution in [2.45, 2.75) is 6.92 Å². The molecule has 1 unspecified atom stereocenters. The summed E-state index contributed by atoms with van der Waals surface area (Å²) >= 11 is 0. The molecule has 6 heteroatoms. The van der Waals surface area contributed by atoms with E-state index >= 15 is 0 Å². The van der Waals surface area contributed by atoms with Crippen molar-refractivity contribution < 1.29 is 18.9 Å². The number of amides is 1. The van der Waals surface area contributed by atoms with Crippen LogP contribution >= 0.6 is 0 Å². The summed E-state index contributed by atoms with van der Waals surface area (Å²) in [5.74, 6) is -0.706. The van der Waals surface area contributed by atoms with E-state index in [0.717, 1.165) is 12.2 Å². The third kappa shape index (κ3) is 7.48. The molecule has 0 aromatic rings. The van der Waals surface area contributed by atoms with E-state index in [-0.39, 0.29) is 0 Å². The SMILES string of the molecule is CCS(=O)CCNC(=O)/C=C/C(=O)O. The predicted molar refractivity (Wildman–Crippen MR) is 53.3 cm³/mol.